The molecule has 0 aliphatic heterocycles. The summed E-state index contributed by atoms with van der Waals surface area (Å²) in [6.07, 6.45) is 1.73. The smallest absolute Gasteiger partial charge is 0.271 e. The molecule has 0 saturated heterocycles. The van der Waals surface area contributed by atoms with Gasteiger partial charge in [0.25, 0.3) is 5.91 Å². The van der Waals surface area contributed by atoms with Crippen LogP contribution in [0.3, 0.4) is 0 Å². The van der Waals surface area contributed by atoms with E-state index in [-0.39, 0.29) is 25.1 Å². The van der Waals surface area contributed by atoms with Crippen molar-refractivity contribution in [2.24, 2.45) is 0 Å². The highest BCUT2D eigenvalue weighted by Crippen LogP contribution is 2.25. The van der Waals surface area contributed by atoms with Gasteiger partial charge in [0, 0.05) is 12.7 Å². The van der Waals surface area contributed by atoms with Gasteiger partial charge in [0.2, 0.25) is 5.95 Å². The molecule has 0 spiro atoms. The monoisotopic (exact) mass is 343 g/mol. The van der Waals surface area contributed by atoms with Gasteiger partial charge in [-0.15, -0.1) is 11.3 Å². The maximum absolute atomic E-state index is 12.3. The van der Waals surface area contributed by atoms with Gasteiger partial charge in [0.1, 0.15) is 0 Å². The van der Waals surface area contributed by atoms with Crippen LogP contribution in [0.25, 0.3) is 10.2 Å². The minimum atomic E-state index is -0.326. The average molecular weight is 343 g/mol. The third-order valence-corrected chi connectivity index (χ3v) is 4.30. The molecule has 3 aromatic rings. The number of thiophene rings is 1. The minimum absolute atomic E-state index is 0.101. The van der Waals surface area contributed by atoms with Crippen LogP contribution in [0.4, 0.5) is 5.95 Å². The van der Waals surface area contributed by atoms with Crippen molar-refractivity contribution in [3.63, 3.8) is 0 Å². The Morgan fingerprint density at radius 3 is 2.96 bits per heavy atom. The largest absolute Gasteiger partial charge is 0.395 e. The Kier molecular flexibility index (Phi) is 4.97. The first kappa shape index (κ1) is 16.3. The van der Waals surface area contributed by atoms with Crippen LogP contribution in [0.1, 0.15) is 29.1 Å². The van der Waals surface area contributed by atoms with Crippen LogP contribution in [-0.2, 0) is 0 Å². The predicted molar refractivity (Wildman–Crippen MR) is 93.1 cm³/mol. The molecule has 7 nitrogen and oxygen atoms in total. The van der Waals surface area contributed by atoms with E-state index in [4.69, 9.17) is 5.11 Å². The number of carbonyl (C=O) groups excluding carboxylic acids is 1. The molecule has 3 heterocycles. The summed E-state index contributed by atoms with van der Waals surface area (Å²) in [6.45, 7) is 2.02. The topological polar surface area (TPSA) is 100 Å². The lowest BCUT2D eigenvalue weighted by molar-refractivity contribution is 0.0942. The van der Waals surface area contributed by atoms with Gasteiger partial charge in [-0.2, -0.15) is 0 Å². The standard InChI is InChI=1S/C16H17N5O2S/c1-10(11-4-2-3-6-17-11)19-16-20-12-5-9-24-14(12)13(21-16)15(23)18-7-8-22/h2-6,9-10,22H,7-8H2,1H3,(H,18,23)(H,19,20,21)/t10-/m0/s1. The molecule has 0 radical (unpaired) electrons. The van der Waals surface area contributed by atoms with E-state index in [1.54, 1.807) is 6.20 Å². The summed E-state index contributed by atoms with van der Waals surface area (Å²) in [5.41, 5.74) is 1.87. The summed E-state index contributed by atoms with van der Waals surface area (Å²) in [4.78, 5) is 25.4. The van der Waals surface area contributed by atoms with Crippen molar-refractivity contribution < 1.29 is 9.90 Å². The van der Waals surface area contributed by atoms with Gasteiger partial charge < -0.3 is 15.7 Å². The molecular weight excluding hydrogens is 326 g/mol. The summed E-state index contributed by atoms with van der Waals surface area (Å²) < 4.78 is 0.724. The number of anilines is 1. The van der Waals surface area contributed by atoms with Crippen LogP contribution in [0.5, 0.6) is 0 Å². The van der Waals surface area contributed by atoms with Crippen LogP contribution in [0.15, 0.2) is 35.8 Å². The van der Waals surface area contributed by atoms with Gasteiger partial charge in [-0.05, 0) is 30.5 Å². The van der Waals surface area contributed by atoms with Crippen LogP contribution >= 0.6 is 11.3 Å². The highest BCUT2D eigenvalue weighted by Gasteiger charge is 2.17. The van der Waals surface area contributed by atoms with Gasteiger partial charge in [-0.3, -0.25) is 9.78 Å². The van der Waals surface area contributed by atoms with E-state index in [0.717, 1.165) is 10.4 Å². The van der Waals surface area contributed by atoms with Crippen molar-refractivity contribution in [1.82, 2.24) is 20.3 Å². The molecule has 0 aromatic carbocycles. The molecule has 0 bridgehead atoms. The van der Waals surface area contributed by atoms with Crippen molar-refractivity contribution in [3.8, 4) is 0 Å². The van der Waals surface area contributed by atoms with Crippen molar-refractivity contribution in [2.45, 2.75) is 13.0 Å². The molecular formula is C16H17N5O2S. The third kappa shape index (κ3) is 3.50. The van der Waals surface area contributed by atoms with Crippen molar-refractivity contribution in [3.05, 3.63) is 47.2 Å². The molecule has 3 rings (SSSR count). The second-order valence-electron chi connectivity index (χ2n) is 5.13. The number of carbonyl (C=O) groups is 1. The lowest BCUT2D eigenvalue weighted by Gasteiger charge is -2.14. The molecule has 24 heavy (non-hydrogen) atoms. The normalized spacial score (nSPS) is 12.1. The molecule has 0 fully saturated rings. The number of fused-ring (bicyclic) bond motifs is 1. The molecule has 1 amide bonds. The van der Waals surface area contributed by atoms with Crippen LogP contribution in [0, 0.1) is 0 Å². The number of aliphatic hydroxyl groups excluding tert-OH is 1. The number of hydrogen-bond acceptors (Lipinski definition) is 7. The van der Waals surface area contributed by atoms with Gasteiger partial charge in [0.05, 0.1) is 28.6 Å². The number of nitrogens with one attached hydrogen (secondary N) is 2. The minimum Gasteiger partial charge on any atom is -0.395 e. The second kappa shape index (κ2) is 7.33. The predicted octanol–water partition coefficient (Wildman–Crippen LogP) is 1.98. The van der Waals surface area contributed by atoms with E-state index >= 15 is 0 Å². The summed E-state index contributed by atoms with van der Waals surface area (Å²) in [5.74, 6) is 0.0423. The fraction of sp³-hybridized carbons (Fsp3) is 0.250. The molecule has 3 N–H and O–H groups in total. The van der Waals surface area contributed by atoms with Crippen molar-refractivity contribution >= 4 is 33.4 Å². The molecule has 0 aliphatic carbocycles. The highest BCUT2D eigenvalue weighted by atomic mass is 32.1. The quantitative estimate of drug-likeness (QED) is 0.633. The number of aromatic nitrogens is 3. The number of aliphatic hydroxyl groups is 1. The van der Waals surface area contributed by atoms with E-state index in [0.29, 0.717) is 17.2 Å². The highest BCUT2D eigenvalue weighted by molar-refractivity contribution is 7.17. The van der Waals surface area contributed by atoms with E-state index < -0.39 is 0 Å². The lowest BCUT2D eigenvalue weighted by atomic mass is 10.2. The second-order valence-corrected chi connectivity index (χ2v) is 6.05. The number of hydrogen-bond donors (Lipinski definition) is 3. The first-order valence-electron chi connectivity index (χ1n) is 7.51. The van der Waals surface area contributed by atoms with E-state index in [9.17, 15) is 4.79 Å². The van der Waals surface area contributed by atoms with Crippen LogP contribution < -0.4 is 10.6 Å². The molecule has 0 unspecified atom stereocenters. The maximum atomic E-state index is 12.3. The molecule has 124 valence electrons. The van der Waals surface area contributed by atoms with E-state index in [1.165, 1.54) is 11.3 Å². The Morgan fingerprint density at radius 1 is 1.33 bits per heavy atom. The van der Waals surface area contributed by atoms with Gasteiger partial charge >= 0.3 is 0 Å². The zero-order chi connectivity index (χ0) is 16.9. The van der Waals surface area contributed by atoms with Crippen LogP contribution in [-0.4, -0.2) is 39.1 Å². The zero-order valence-corrected chi connectivity index (χ0v) is 13.9. The Morgan fingerprint density at radius 2 is 2.21 bits per heavy atom. The summed E-state index contributed by atoms with van der Waals surface area (Å²) in [5, 5.41) is 16.6. The number of amides is 1. The fourth-order valence-electron chi connectivity index (χ4n) is 2.23. The Hall–Kier alpha value is -2.58. The SMILES string of the molecule is C[C@H](Nc1nc(C(=O)NCCO)c2sccc2n1)c1ccccn1. The molecule has 8 heteroatoms. The third-order valence-electron chi connectivity index (χ3n) is 3.39. The molecule has 1 atom stereocenters. The van der Waals surface area contributed by atoms with Crippen molar-refractivity contribution in [1.29, 1.82) is 0 Å². The van der Waals surface area contributed by atoms with E-state index in [1.807, 2.05) is 36.6 Å². The van der Waals surface area contributed by atoms with Gasteiger partial charge in [-0.25, -0.2) is 9.97 Å². The first-order chi connectivity index (χ1) is 11.7. The number of nitrogens with zero attached hydrogens (tertiary/aromatic N) is 3. The van der Waals surface area contributed by atoms with Crippen molar-refractivity contribution in [2.75, 3.05) is 18.5 Å². The van der Waals surface area contributed by atoms with E-state index in [2.05, 4.69) is 25.6 Å². The molecule has 0 aliphatic rings. The Balaban J connectivity index is 1.90. The zero-order valence-electron chi connectivity index (χ0n) is 13.1. The van der Waals surface area contributed by atoms with Gasteiger partial charge in [-0.1, -0.05) is 6.07 Å². The Bertz CT molecular complexity index is 837. The van der Waals surface area contributed by atoms with Gasteiger partial charge in [0.15, 0.2) is 5.69 Å². The molecule has 3 aromatic heterocycles. The van der Waals surface area contributed by atoms with Crippen LogP contribution in [0.2, 0.25) is 0 Å². The molecule has 0 saturated carbocycles. The number of rotatable bonds is 6. The average Bonchev–Trinajstić information content (AvgIpc) is 3.08. The lowest BCUT2D eigenvalue weighted by Crippen LogP contribution is -2.27. The summed E-state index contributed by atoms with van der Waals surface area (Å²) in [7, 11) is 0. The Labute approximate surface area is 142 Å². The number of pyridine rings is 1. The first-order valence-corrected chi connectivity index (χ1v) is 8.39. The fourth-order valence-corrected chi connectivity index (χ4v) is 3.05. The maximum Gasteiger partial charge on any atom is 0.271 e. The summed E-state index contributed by atoms with van der Waals surface area (Å²) >= 11 is 1.41. The summed E-state index contributed by atoms with van der Waals surface area (Å²) in [6, 6.07) is 7.43.